The fourth-order valence-corrected chi connectivity index (χ4v) is 1.77. The molecule has 0 saturated carbocycles. The summed E-state index contributed by atoms with van der Waals surface area (Å²) >= 11 is 0. The SMILES string of the molecule is CCC1CC(CC(C)O)OC(C)O1. The normalized spacial score (nSPS) is 37.4. The van der Waals surface area contributed by atoms with Crippen molar-refractivity contribution in [3.63, 3.8) is 0 Å². The highest BCUT2D eigenvalue weighted by Crippen LogP contribution is 2.23. The molecule has 0 amide bonds. The highest BCUT2D eigenvalue weighted by Gasteiger charge is 2.27. The smallest absolute Gasteiger partial charge is 0.155 e. The van der Waals surface area contributed by atoms with Gasteiger partial charge in [-0.25, -0.2) is 0 Å². The Morgan fingerprint density at radius 2 is 2.00 bits per heavy atom. The first-order valence-electron chi connectivity index (χ1n) is 5.10. The van der Waals surface area contributed by atoms with E-state index in [0.29, 0.717) is 12.5 Å². The molecule has 3 nitrogen and oxygen atoms in total. The van der Waals surface area contributed by atoms with Crippen molar-refractivity contribution < 1.29 is 14.6 Å². The van der Waals surface area contributed by atoms with Crippen molar-refractivity contribution in [2.24, 2.45) is 0 Å². The van der Waals surface area contributed by atoms with Crippen LogP contribution < -0.4 is 0 Å². The molecular weight excluding hydrogens is 168 g/mol. The molecule has 4 unspecified atom stereocenters. The van der Waals surface area contributed by atoms with Crippen molar-refractivity contribution in [2.45, 2.75) is 64.6 Å². The van der Waals surface area contributed by atoms with Crippen LogP contribution in [0.5, 0.6) is 0 Å². The highest BCUT2D eigenvalue weighted by molar-refractivity contribution is 4.72. The van der Waals surface area contributed by atoms with E-state index in [4.69, 9.17) is 9.47 Å². The molecule has 0 aliphatic carbocycles. The largest absolute Gasteiger partial charge is 0.393 e. The summed E-state index contributed by atoms with van der Waals surface area (Å²) in [5, 5.41) is 9.23. The van der Waals surface area contributed by atoms with Crippen LogP contribution in [0.2, 0.25) is 0 Å². The van der Waals surface area contributed by atoms with Gasteiger partial charge in [0.25, 0.3) is 0 Å². The van der Waals surface area contributed by atoms with Crippen molar-refractivity contribution >= 4 is 0 Å². The molecule has 0 bridgehead atoms. The average molecular weight is 188 g/mol. The minimum atomic E-state index is -0.284. The highest BCUT2D eigenvalue weighted by atomic mass is 16.7. The topological polar surface area (TPSA) is 38.7 Å². The molecule has 0 aromatic rings. The lowest BCUT2D eigenvalue weighted by molar-refractivity contribution is -0.238. The van der Waals surface area contributed by atoms with Gasteiger partial charge in [0.1, 0.15) is 0 Å². The summed E-state index contributed by atoms with van der Waals surface area (Å²) in [5.41, 5.74) is 0. The van der Waals surface area contributed by atoms with Crippen molar-refractivity contribution in [3.05, 3.63) is 0 Å². The molecule has 0 aromatic carbocycles. The van der Waals surface area contributed by atoms with E-state index >= 15 is 0 Å². The van der Waals surface area contributed by atoms with Gasteiger partial charge in [-0.2, -0.15) is 0 Å². The van der Waals surface area contributed by atoms with Crippen molar-refractivity contribution in [2.75, 3.05) is 0 Å². The molecule has 0 spiro atoms. The van der Waals surface area contributed by atoms with E-state index in [-0.39, 0.29) is 18.5 Å². The van der Waals surface area contributed by atoms with E-state index in [1.165, 1.54) is 0 Å². The zero-order valence-corrected chi connectivity index (χ0v) is 8.69. The monoisotopic (exact) mass is 188 g/mol. The molecule has 78 valence electrons. The Labute approximate surface area is 80.0 Å². The zero-order valence-electron chi connectivity index (χ0n) is 8.69. The molecule has 1 saturated heterocycles. The molecule has 13 heavy (non-hydrogen) atoms. The summed E-state index contributed by atoms with van der Waals surface area (Å²) in [6.45, 7) is 5.82. The minimum Gasteiger partial charge on any atom is -0.393 e. The van der Waals surface area contributed by atoms with Gasteiger partial charge in [0.05, 0.1) is 18.3 Å². The summed E-state index contributed by atoms with van der Waals surface area (Å²) < 4.78 is 11.1. The van der Waals surface area contributed by atoms with Gasteiger partial charge in [-0.15, -0.1) is 0 Å². The van der Waals surface area contributed by atoms with Crippen molar-refractivity contribution in [1.82, 2.24) is 0 Å². The van der Waals surface area contributed by atoms with Gasteiger partial charge in [0.15, 0.2) is 6.29 Å². The number of ether oxygens (including phenoxy) is 2. The lowest BCUT2D eigenvalue weighted by Gasteiger charge is -2.34. The fourth-order valence-electron chi connectivity index (χ4n) is 1.77. The number of hydrogen-bond donors (Lipinski definition) is 1. The van der Waals surface area contributed by atoms with Crippen LogP contribution in [-0.2, 0) is 9.47 Å². The van der Waals surface area contributed by atoms with Gasteiger partial charge in [0.2, 0.25) is 0 Å². The van der Waals surface area contributed by atoms with Crippen LogP contribution in [0.15, 0.2) is 0 Å². The van der Waals surface area contributed by atoms with E-state index in [1.807, 2.05) is 6.92 Å². The van der Waals surface area contributed by atoms with E-state index in [2.05, 4.69) is 6.92 Å². The molecule has 1 heterocycles. The third-order valence-electron chi connectivity index (χ3n) is 2.35. The first-order chi connectivity index (χ1) is 6.11. The first-order valence-corrected chi connectivity index (χ1v) is 5.10. The molecule has 1 aliphatic heterocycles. The lowest BCUT2D eigenvalue weighted by atomic mass is 10.0. The third kappa shape index (κ3) is 3.63. The number of hydrogen-bond acceptors (Lipinski definition) is 3. The number of aliphatic hydroxyl groups excluding tert-OH is 1. The van der Waals surface area contributed by atoms with Crippen LogP contribution in [0, 0.1) is 0 Å². The molecule has 1 fully saturated rings. The molecule has 1 aliphatic rings. The van der Waals surface area contributed by atoms with Crippen LogP contribution in [0.1, 0.15) is 40.0 Å². The minimum absolute atomic E-state index is 0.123. The lowest BCUT2D eigenvalue weighted by Crippen LogP contribution is -2.37. The quantitative estimate of drug-likeness (QED) is 0.732. The van der Waals surface area contributed by atoms with E-state index in [1.54, 1.807) is 6.92 Å². The molecule has 0 radical (unpaired) electrons. The molecular formula is C10H20O3. The van der Waals surface area contributed by atoms with Crippen LogP contribution in [0.3, 0.4) is 0 Å². The van der Waals surface area contributed by atoms with Gasteiger partial charge in [-0.3, -0.25) is 0 Å². The second kappa shape index (κ2) is 4.94. The Kier molecular flexibility index (Phi) is 4.16. The number of aliphatic hydroxyl groups is 1. The first kappa shape index (κ1) is 11.0. The number of rotatable bonds is 3. The molecule has 0 aromatic heterocycles. The Morgan fingerprint density at radius 3 is 2.54 bits per heavy atom. The molecule has 1 rings (SSSR count). The standard InChI is InChI=1S/C10H20O3/c1-4-9-6-10(5-7(2)11)13-8(3)12-9/h7-11H,4-6H2,1-3H3. The van der Waals surface area contributed by atoms with Crippen LogP contribution in [0.4, 0.5) is 0 Å². The Balaban J connectivity index is 2.37. The van der Waals surface area contributed by atoms with Gasteiger partial charge < -0.3 is 14.6 Å². The summed E-state index contributed by atoms with van der Waals surface area (Å²) in [6, 6.07) is 0. The zero-order chi connectivity index (χ0) is 9.84. The maximum atomic E-state index is 9.23. The van der Waals surface area contributed by atoms with Crippen LogP contribution >= 0.6 is 0 Å². The summed E-state index contributed by atoms with van der Waals surface area (Å²) in [7, 11) is 0. The Morgan fingerprint density at radius 1 is 1.38 bits per heavy atom. The van der Waals surface area contributed by atoms with Crippen LogP contribution in [-0.4, -0.2) is 29.7 Å². The Bertz CT molecular complexity index is 145. The summed E-state index contributed by atoms with van der Waals surface area (Å²) in [5.74, 6) is 0. The maximum absolute atomic E-state index is 9.23. The third-order valence-corrected chi connectivity index (χ3v) is 2.35. The summed E-state index contributed by atoms with van der Waals surface area (Å²) in [6.07, 6.45) is 2.69. The summed E-state index contributed by atoms with van der Waals surface area (Å²) in [4.78, 5) is 0. The molecule has 4 atom stereocenters. The average Bonchev–Trinajstić information content (AvgIpc) is 2.01. The predicted molar refractivity (Wildman–Crippen MR) is 50.4 cm³/mol. The fraction of sp³-hybridized carbons (Fsp3) is 1.00. The van der Waals surface area contributed by atoms with Crippen molar-refractivity contribution in [1.29, 1.82) is 0 Å². The Hall–Kier alpha value is -0.120. The van der Waals surface area contributed by atoms with Gasteiger partial charge in [-0.05, 0) is 26.7 Å². The van der Waals surface area contributed by atoms with Crippen molar-refractivity contribution in [3.8, 4) is 0 Å². The molecule has 3 heteroatoms. The van der Waals surface area contributed by atoms with Gasteiger partial charge in [-0.1, -0.05) is 6.92 Å². The van der Waals surface area contributed by atoms with Gasteiger partial charge in [0, 0.05) is 6.42 Å². The van der Waals surface area contributed by atoms with E-state index < -0.39 is 0 Å². The second-order valence-electron chi connectivity index (χ2n) is 3.81. The molecule has 1 N–H and O–H groups in total. The maximum Gasteiger partial charge on any atom is 0.155 e. The van der Waals surface area contributed by atoms with Gasteiger partial charge >= 0.3 is 0 Å². The second-order valence-corrected chi connectivity index (χ2v) is 3.81. The van der Waals surface area contributed by atoms with E-state index in [0.717, 1.165) is 12.8 Å². The van der Waals surface area contributed by atoms with E-state index in [9.17, 15) is 5.11 Å². The van der Waals surface area contributed by atoms with Crippen LogP contribution in [0.25, 0.3) is 0 Å². The predicted octanol–water partition coefficient (Wildman–Crippen LogP) is 1.69.